The van der Waals surface area contributed by atoms with Gasteiger partial charge in [-0.25, -0.2) is 0 Å². The van der Waals surface area contributed by atoms with Crippen molar-refractivity contribution in [1.29, 1.82) is 0 Å². The highest BCUT2D eigenvalue weighted by Gasteiger charge is 2.21. The molecule has 1 saturated carbocycles. The molecule has 0 aromatic heterocycles. The Morgan fingerprint density at radius 3 is 2.42 bits per heavy atom. The van der Waals surface area contributed by atoms with Crippen molar-refractivity contribution < 1.29 is 4.74 Å². The minimum Gasteiger partial charge on any atom is -0.490 e. The molecule has 0 amide bonds. The minimum absolute atomic E-state index is 0.365. The smallest absolute Gasteiger partial charge is 0.120 e. The lowest BCUT2D eigenvalue weighted by atomic mass is 9.87. The van der Waals surface area contributed by atoms with E-state index in [1.807, 2.05) is 0 Å². The first-order valence-electron chi connectivity index (χ1n) is 7.20. The Morgan fingerprint density at radius 1 is 0.947 bits per heavy atom. The van der Waals surface area contributed by atoms with Crippen molar-refractivity contribution in [3.8, 4) is 5.75 Å². The Balaban J connectivity index is 1.68. The van der Waals surface area contributed by atoms with Crippen LogP contribution in [0.2, 0.25) is 0 Å². The summed E-state index contributed by atoms with van der Waals surface area (Å²) in [4.78, 5) is 0. The minimum atomic E-state index is 0.365. The standard InChI is InChI=1S/C17H21NO/c18-12-13-5-8-16(9-6-13)19-17-10-7-14-3-1-2-4-15(14)11-17/h1-4,7,10-11,13,16H,5-6,8-9,12,18H2. The summed E-state index contributed by atoms with van der Waals surface area (Å²) in [7, 11) is 0. The van der Waals surface area contributed by atoms with Crippen molar-refractivity contribution in [2.45, 2.75) is 31.8 Å². The van der Waals surface area contributed by atoms with Crippen LogP contribution >= 0.6 is 0 Å². The summed E-state index contributed by atoms with van der Waals surface area (Å²) < 4.78 is 6.12. The fourth-order valence-electron chi connectivity index (χ4n) is 2.92. The highest BCUT2D eigenvalue weighted by atomic mass is 16.5. The summed E-state index contributed by atoms with van der Waals surface area (Å²) in [6.07, 6.45) is 5.04. The SMILES string of the molecule is NCC1CCC(Oc2ccc3ccccc3c2)CC1. The Labute approximate surface area is 114 Å². The first kappa shape index (κ1) is 12.5. The van der Waals surface area contributed by atoms with E-state index in [0.29, 0.717) is 12.0 Å². The van der Waals surface area contributed by atoms with Gasteiger partial charge in [-0.1, -0.05) is 30.3 Å². The molecule has 0 heterocycles. The second-order valence-electron chi connectivity index (χ2n) is 5.51. The zero-order valence-electron chi connectivity index (χ0n) is 11.2. The van der Waals surface area contributed by atoms with Gasteiger partial charge in [0.05, 0.1) is 6.10 Å². The van der Waals surface area contributed by atoms with Crippen molar-refractivity contribution in [3.63, 3.8) is 0 Å². The van der Waals surface area contributed by atoms with Gasteiger partial charge in [0, 0.05) is 0 Å². The topological polar surface area (TPSA) is 35.2 Å². The molecule has 1 aliphatic carbocycles. The second kappa shape index (κ2) is 5.62. The molecule has 2 heteroatoms. The van der Waals surface area contributed by atoms with Crippen LogP contribution in [0.25, 0.3) is 10.8 Å². The molecule has 0 aliphatic heterocycles. The number of hydrogen-bond donors (Lipinski definition) is 1. The van der Waals surface area contributed by atoms with Gasteiger partial charge < -0.3 is 10.5 Å². The fraction of sp³-hybridized carbons (Fsp3) is 0.412. The predicted octanol–water partition coefficient (Wildman–Crippen LogP) is 3.74. The third kappa shape index (κ3) is 2.90. The zero-order chi connectivity index (χ0) is 13.1. The van der Waals surface area contributed by atoms with Gasteiger partial charge >= 0.3 is 0 Å². The average molecular weight is 255 g/mol. The summed E-state index contributed by atoms with van der Waals surface area (Å²) >= 11 is 0. The van der Waals surface area contributed by atoms with Crippen molar-refractivity contribution in [2.24, 2.45) is 11.7 Å². The number of fused-ring (bicyclic) bond motifs is 1. The van der Waals surface area contributed by atoms with E-state index in [-0.39, 0.29) is 0 Å². The molecule has 1 fully saturated rings. The first-order chi connectivity index (χ1) is 9.35. The molecule has 100 valence electrons. The van der Waals surface area contributed by atoms with Crippen LogP contribution in [-0.2, 0) is 0 Å². The summed E-state index contributed by atoms with van der Waals surface area (Å²) in [6, 6.07) is 14.8. The largest absolute Gasteiger partial charge is 0.490 e. The van der Waals surface area contributed by atoms with Gasteiger partial charge in [-0.05, 0) is 61.1 Å². The zero-order valence-corrected chi connectivity index (χ0v) is 11.2. The van der Waals surface area contributed by atoms with Gasteiger partial charge in [0.2, 0.25) is 0 Å². The summed E-state index contributed by atoms with van der Waals surface area (Å²) in [5.41, 5.74) is 5.72. The van der Waals surface area contributed by atoms with E-state index in [1.54, 1.807) is 0 Å². The quantitative estimate of drug-likeness (QED) is 0.906. The van der Waals surface area contributed by atoms with Gasteiger partial charge in [0.1, 0.15) is 5.75 Å². The number of benzene rings is 2. The van der Waals surface area contributed by atoms with Crippen LogP contribution in [0.4, 0.5) is 0 Å². The highest BCUT2D eigenvalue weighted by Crippen LogP contribution is 2.28. The molecule has 2 nitrogen and oxygen atoms in total. The summed E-state index contributed by atoms with van der Waals surface area (Å²) in [5.74, 6) is 1.70. The Morgan fingerprint density at radius 2 is 1.68 bits per heavy atom. The lowest BCUT2D eigenvalue weighted by Gasteiger charge is -2.28. The molecular weight excluding hydrogens is 234 g/mol. The van der Waals surface area contributed by atoms with Crippen LogP contribution in [0.1, 0.15) is 25.7 Å². The Hall–Kier alpha value is -1.54. The van der Waals surface area contributed by atoms with Gasteiger partial charge in [0.25, 0.3) is 0 Å². The molecule has 2 N–H and O–H groups in total. The lowest BCUT2D eigenvalue weighted by molar-refractivity contribution is 0.133. The second-order valence-corrected chi connectivity index (χ2v) is 5.51. The molecule has 2 aromatic carbocycles. The molecule has 3 rings (SSSR count). The molecule has 0 spiro atoms. The molecule has 0 atom stereocenters. The van der Waals surface area contributed by atoms with E-state index in [2.05, 4.69) is 42.5 Å². The highest BCUT2D eigenvalue weighted by molar-refractivity contribution is 5.83. The predicted molar refractivity (Wildman–Crippen MR) is 79.4 cm³/mol. The van der Waals surface area contributed by atoms with Crippen LogP contribution in [0, 0.1) is 5.92 Å². The van der Waals surface area contributed by atoms with E-state index in [1.165, 1.54) is 23.6 Å². The average Bonchev–Trinajstić information content (AvgIpc) is 2.48. The van der Waals surface area contributed by atoms with Crippen LogP contribution in [0.15, 0.2) is 42.5 Å². The third-order valence-corrected chi connectivity index (χ3v) is 4.15. The Bertz CT molecular complexity index is 544. The van der Waals surface area contributed by atoms with Crippen molar-refractivity contribution in [3.05, 3.63) is 42.5 Å². The van der Waals surface area contributed by atoms with E-state index in [9.17, 15) is 0 Å². The maximum Gasteiger partial charge on any atom is 0.120 e. The molecular formula is C17H21NO. The number of nitrogens with two attached hydrogens (primary N) is 1. The molecule has 1 aliphatic rings. The van der Waals surface area contributed by atoms with Gasteiger partial charge in [-0.15, -0.1) is 0 Å². The van der Waals surface area contributed by atoms with Crippen LogP contribution < -0.4 is 10.5 Å². The monoisotopic (exact) mass is 255 g/mol. The van der Waals surface area contributed by atoms with E-state index in [0.717, 1.165) is 25.1 Å². The molecule has 0 saturated heterocycles. The summed E-state index contributed by atoms with van der Waals surface area (Å²) in [5, 5.41) is 2.51. The van der Waals surface area contributed by atoms with Gasteiger partial charge in [0.15, 0.2) is 0 Å². The molecule has 0 bridgehead atoms. The fourth-order valence-corrected chi connectivity index (χ4v) is 2.92. The third-order valence-electron chi connectivity index (χ3n) is 4.15. The lowest BCUT2D eigenvalue weighted by Crippen LogP contribution is -2.27. The van der Waals surface area contributed by atoms with E-state index in [4.69, 9.17) is 10.5 Å². The molecule has 2 aromatic rings. The molecule has 0 unspecified atom stereocenters. The van der Waals surface area contributed by atoms with Crippen molar-refractivity contribution >= 4 is 10.8 Å². The maximum atomic E-state index is 6.12. The molecule has 0 radical (unpaired) electrons. The van der Waals surface area contributed by atoms with Gasteiger partial charge in [-0.3, -0.25) is 0 Å². The Kier molecular flexibility index (Phi) is 3.69. The van der Waals surface area contributed by atoms with Crippen LogP contribution in [-0.4, -0.2) is 12.6 Å². The van der Waals surface area contributed by atoms with E-state index < -0.39 is 0 Å². The van der Waals surface area contributed by atoms with E-state index >= 15 is 0 Å². The number of hydrogen-bond acceptors (Lipinski definition) is 2. The number of rotatable bonds is 3. The van der Waals surface area contributed by atoms with Crippen molar-refractivity contribution in [1.82, 2.24) is 0 Å². The van der Waals surface area contributed by atoms with Crippen LogP contribution in [0.5, 0.6) is 5.75 Å². The summed E-state index contributed by atoms with van der Waals surface area (Å²) in [6.45, 7) is 0.822. The normalized spacial score (nSPS) is 23.4. The number of ether oxygens (including phenoxy) is 1. The van der Waals surface area contributed by atoms with Crippen molar-refractivity contribution in [2.75, 3.05) is 6.54 Å². The first-order valence-corrected chi connectivity index (χ1v) is 7.20. The van der Waals surface area contributed by atoms with Crippen LogP contribution in [0.3, 0.4) is 0 Å². The molecule has 19 heavy (non-hydrogen) atoms. The van der Waals surface area contributed by atoms with Gasteiger partial charge in [-0.2, -0.15) is 0 Å². The maximum absolute atomic E-state index is 6.12.